The van der Waals surface area contributed by atoms with E-state index in [-0.39, 0.29) is 5.29 Å². The second kappa shape index (κ2) is 9.67. The third-order valence-corrected chi connectivity index (χ3v) is 6.88. The number of ether oxygens (including phenoxy) is 1. The highest BCUT2D eigenvalue weighted by molar-refractivity contribution is 7.46. The van der Waals surface area contributed by atoms with E-state index in [2.05, 4.69) is 21.0 Å². The standard InChI is InChI=1S/C14H16N3O3P.C9H7NO2/c1-3-4-12-11-7-10(20-2)6-5-9(11)8-17(12)21-14(19)15-13(18)16-21;11-10-6-7-1-2-9-8(5-7)3-4-12-9/h4-7H,3,8H2,1-2H3,(H2,15,16,18,19);1-6,11H/b12-4-;10-6-. The van der Waals surface area contributed by atoms with Crippen LogP contribution in [0.15, 0.2) is 74.0 Å². The van der Waals surface area contributed by atoms with Crippen molar-refractivity contribution < 1.29 is 14.4 Å². The van der Waals surface area contributed by atoms with Gasteiger partial charge in [-0.15, -0.1) is 0 Å². The number of benzene rings is 2. The van der Waals surface area contributed by atoms with Crippen LogP contribution in [0.4, 0.5) is 0 Å². The Kier molecular flexibility index (Phi) is 6.51. The second-order valence-corrected chi connectivity index (χ2v) is 8.96. The fourth-order valence-corrected chi connectivity index (χ4v) is 5.25. The molecule has 0 fully saturated rings. The maximum Gasteiger partial charge on any atom is 0.330 e. The third kappa shape index (κ3) is 4.63. The first kappa shape index (κ1) is 22.2. The van der Waals surface area contributed by atoms with Crippen molar-refractivity contribution in [3.05, 3.63) is 92.1 Å². The van der Waals surface area contributed by atoms with Crippen LogP contribution in [0.1, 0.15) is 30.0 Å². The van der Waals surface area contributed by atoms with E-state index >= 15 is 0 Å². The average Bonchev–Trinajstić information content (AvgIpc) is 3.51. The van der Waals surface area contributed by atoms with Gasteiger partial charge in [0.15, 0.2) is 0 Å². The monoisotopic (exact) mass is 466 g/mol. The van der Waals surface area contributed by atoms with Crippen LogP contribution in [0.3, 0.4) is 0 Å². The number of furan rings is 1. The summed E-state index contributed by atoms with van der Waals surface area (Å²) in [5.41, 5.74) is 4.45. The summed E-state index contributed by atoms with van der Waals surface area (Å²) in [6.45, 7) is 2.66. The quantitative estimate of drug-likeness (QED) is 0.235. The first-order valence-electron chi connectivity index (χ1n) is 10.3. The molecule has 1 unspecified atom stereocenters. The number of fused-ring (bicyclic) bond motifs is 2. The summed E-state index contributed by atoms with van der Waals surface area (Å²) in [6.07, 6.45) is 5.93. The molecule has 0 bridgehead atoms. The highest BCUT2D eigenvalue weighted by Gasteiger charge is 2.27. The van der Waals surface area contributed by atoms with Gasteiger partial charge in [0.1, 0.15) is 19.2 Å². The molecule has 33 heavy (non-hydrogen) atoms. The van der Waals surface area contributed by atoms with Crippen LogP contribution >= 0.6 is 7.84 Å². The van der Waals surface area contributed by atoms with Crippen LogP contribution in [0, 0.1) is 0 Å². The van der Waals surface area contributed by atoms with Crippen LogP contribution in [-0.2, 0) is 6.54 Å². The van der Waals surface area contributed by atoms with E-state index < -0.39 is 13.5 Å². The van der Waals surface area contributed by atoms with Gasteiger partial charge in [-0.2, -0.15) is 0 Å². The number of allylic oxidation sites excluding steroid dienone is 1. The molecule has 0 amide bonds. The van der Waals surface area contributed by atoms with E-state index in [1.165, 1.54) is 6.21 Å². The van der Waals surface area contributed by atoms with Crippen molar-refractivity contribution in [3.8, 4) is 5.75 Å². The number of oxime groups is 1. The van der Waals surface area contributed by atoms with Gasteiger partial charge in [0.05, 0.1) is 26.1 Å². The van der Waals surface area contributed by atoms with Crippen molar-refractivity contribution in [1.29, 1.82) is 0 Å². The Morgan fingerprint density at radius 1 is 1.24 bits per heavy atom. The Morgan fingerprint density at radius 3 is 2.79 bits per heavy atom. The van der Waals surface area contributed by atoms with E-state index in [9.17, 15) is 9.59 Å². The fourth-order valence-electron chi connectivity index (χ4n) is 3.66. The number of hydrogen-bond donors (Lipinski definition) is 3. The highest BCUT2D eigenvalue weighted by atomic mass is 31.1. The van der Waals surface area contributed by atoms with Gasteiger partial charge in [-0.1, -0.05) is 24.2 Å². The summed E-state index contributed by atoms with van der Waals surface area (Å²) in [7, 11) is 0.248. The normalized spacial score (nSPS) is 14.5. The van der Waals surface area contributed by atoms with E-state index in [1.807, 2.05) is 54.1 Å². The molecule has 170 valence electrons. The van der Waals surface area contributed by atoms with Crippen molar-refractivity contribution in [3.63, 3.8) is 0 Å². The SMILES string of the molecule is CC/C=C1/c2cc(OC)ccc2CN1p1[nH]c(=O)[nH]c1=O.O/N=C\c1ccc2occc2c1. The highest BCUT2D eigenvalue weighted by Crippen LogP contribution is 2.40. The molecule has 1 atom stereocenters. The van der Waals surface area contributed by atoms with Gasteiger partial charge in [-0.3, -0.25) is 14.5 Å². The zero-order valence-corrected chi connectivity index (χ0v) is 19.0. The number of rotatable bonds is 4. The molecule has 2 aromatic carbocycles. The van der Waals surface area contributed by atoms with E-state index in [0.717, 1.165) is 45.5 Å². The molecule has 0 saturated heterocycles. The first-order valence-corrected chi connectivity index (χ1v) is 11.5. The number of aromatic nitrogens is 2. The molecule has 0 aliphatic carbocycles. The Bertz CT molecular complexity index is 1440. The summed E-state index contributed by atoms with van der Waals surface area (Å²) >= 11 is 0. The van der Waals surface area contributed by atoms with Crippen LogP contribution < -0.4 is 20.4 Å². The van der Waals surface area contributed by atoms with E-state index in [1.54, 1.807) is 13.4 Å². The zero-order chi connectivity index (χ0) is 23.4. The second-order valence-electron chi connectivity index (χ2n) is 7.22. The Morgan fingerprint density at radius 2 is 2.09 bits per heavy atom. The summed E-state index contributed by atoms with van der Waals surface area (Å²) < 4.78 is 15.1. The van der Waals surface area contributed by atoms with Crippen molar-refractivity contribution in [2.75, 3.05) is 11.8 Å². The smallest absolute Gasteiger partial charge is 0.330 e. The van der Waals surface area contributed by atoms with Gasteiger partial charge in [0, 0.05) is 16.6 Å². The van der Waals surface area contributed by atoms with Gasteiger partial charge in [-0.05, 0) is 53.9 Å². The van der Waals surface area contributed by atoms with Gasteiger partial charge < -0.3 is 19.0 Å². The number of nitrogens with one attached hydrogen (secondary N) is 2. The number of aromatic amines is 2. The lowest BCUT2D eigenvalue weighted by Gasteiger charge is -2.17. The van der Waals surface area contributed by atoms with Crippen molar-refractivity contribution in [1.82, 2.24) is 9.73 Å². The molecule has 0 radical (unpaired) electrons. The lowest BCUT2D eigenvalue weighted by atomic mass is 10.1. The van der Waals surface area contributed by atoms with Gasteiger partial charge in [0.2, 0.25) is 0 Å². The van der Waals surface area contributed by atoms with Crippen molar-refractivity contribution >= 4 is 30.7 Å². The number of nitrogens with zero attached hydrogens (tertiary/aromatic N) is 2. The van der Waals surface area contributed by atoms with Gasteiger partial charge in [0.25, 0.3) is 0 Å². The minimum absolute atomic E-state index is 0.253. The topological polar surface area (TPSA) is 124 Å². The summed E-state index contributed by atoms with van der Waals surface area (Å²) in [5.74, 6) is 0.783. The average molecular weight is 466 g/mol. The molecule has 0 saturated carbocycles. The fraction of sp³-hybridized carbons (Fsp3) is 0.174. The van der Waals surface area contributed by atoms with Crippen LogP contribution in [0.25, 0.3) is 16.7 Å². The molecule has 1 aliphatic heterocycles. The van der Waals surface area contributed by atoms with E-state index in [4.69, 9.17) is 14.4 Å². The van der Waals surface area contributed by atoms with Crippen LogP contribution in [0.5, 0.6) is 5.75 Å². The maximum atomic E-state index is 11.9. The largest absolute Gasteiger partial charge is 0.497 e. The summed E-state index contributed by atoms with van der Waals surface area (Å²) in [5, 5.41) is 12.0. The number of methoxy groups -OCH3 is 1. The molecule has 3 N–H and O–H groups in total. The van der Waals surface area contributed by atoms with Gasteiger partial charge >= 0.3 is 11.0 Å². The van der Waals surface area contributed by atoms with E-state index in [0.29, 0.717) is 6.54 Å². The van der Waals surface area contributed by atoms with Crippen LogP contribution in [0.2, 0.25) is 0 Å². The predicted molar refractivity (Wildman–Crippen MR) is 129 cm³/mol. The number of hydrogen-bond acceptors (Lipinski definition) is 7. The minimum Gasteiger partial charge on any atom is -0.497 e. The maximum absolute atomic E-state index is 11.9. The molecule has 10 heteroatoms. The molecule has 3 heterocycles. The first-order chi connectivity index (χ1) is 16.0. The third-order valence-electron chi connectivity index (χ3n) is 5.13. The van der Waals surface area contributed by atoms with Crippen molar-refractivity contribution in [2.24, 2.45) is 5.16 Å². The Hall–Kier alpha value is -3.97. The minimum atomic E-state index is -1.38. The van der Waals surface area contributed by atoms with Gasteiger partial charge in [-0.25, -0.2) is 4.79 Å². The molecule has 1 aliphatic rings. The summed E-state index contributed by atoms with van der Waals surface area (Å²) in [6, 6.07) is 13.3. The lowest BCUT2D eigenvalue weighted by molar-refractivity contribution is 0.322. The Balaban J connectivity index is 0.000000183. The summed E-state index contributed by atoms with van der Waals surface area (Å²) in [4.78, 5) is 25.6. The predicted octanol–water partition coefficient (Wildman–Crippen LogP) is 4.20. The Labute approximate surface area is 189 Å². The van der Waals surface area contributed by atoms with Crippen LogP contribution in [-0.4, -0.2) is 28.3 Å². The molecule has 0 spiro atoms. The molecule has 2 aromatic heterocycles. The zero-order valence-electron chi connectivity index (χ0n) is 18.1. The molecular weight excluding hydrogens is 443 g/mol. The van der Waals surface area contributed by atoms with Crippen molar-refractivity contribution in [2.45, 2.75) is 19.9 Å². The molecule has 9 nitrogen and oxygen atoms in total. The lowest BCUT2D eigenvalue weighted by Crippen LogP contribution is -2.15. The molecular formula is C23H23N4O5P. The molecule has 5 rings (SSSR count). The molecule has 4 aromatic rings. The number of H-pyrrole nitrogens is 2.